The number of nitrogens with zero attached hydrogens (tertiary/aromatic N) is 5. The maximum absolute atomic E-state index is 12.0. The highest BCUT2D eigenvalue weighted by Crippen LogP contribution is 2.18. The zero-order chi connectivity index (χ0) is 17.2. The van der Waals surface area contributed by atoms with E-state index in [0.29, 0.717) is 17.3 Å². The first-order valence-corrected chi connectivity index (χ1v) is 7.58. The Labute approximate surface area is 141 Å². The molecular weight excluding hydrogens is 322 g/mol. The van der Waals surface area contributed by atoms with Crippen molar-refractivity contribution in [3.63, 3.8) is 0 Å². The molecule has 124 valence electrons. The Morgan fingerprint density at radius 1 is 1.08 bits per heavy atom. The Bertz CT molecular complexity index is 1070. The van der Waals surface area contributed by atoms with Crippen LogP contribution in [0.1, 0.15) is 11.5 Å². The van der Waals surface area contributed by atoms with Crippen molar-refractivity contribution in [1.82, 2.24) is 24.8 Å². The molecule has 0 atom stereocenters. The van der Waals surface area contributed by atoms with Gasteiger partial charge in [-0.2, -0.15) is 4.98 Å². The van der Waals surface area contributed by atoms with E-state index in [1.54, 1.807) is 24.4 Å². The molecule has 3 heterocycles. The molecule has 25 heavy (non-hydrogen) atoms. The lowest BCUT2D eigenvalue weighted by atomic mass is 10.1. The van der Waals surface area contributed by atoms with Crippen LogP contribution in [0.5, 0.6) is 0 Å². The Morgan fingerprint density at radius 2 is 2.00 bits per heavy atom. The molecule has 4 rings (SSSR count). The minimum atomic E-state index is -0.615. The van der Waals surface area contributed by atoms with Gasteiger partial charge in [0.25, 0.3) is 0 Å². The summed E-state index contributed by atoms with van der Waals surface area (Å²) < 4.78 is 11.3. The fraction of sp³-hybridized carbons (Fsp3) is 0.118. The molecule has 0 spiro atoms. The summed E-state index contributed by atoms with van der Waals surface area (Å²) in [6.07, 6.45) is 1.61. The molecule has 0 aliphatic rings. The van der Waals surface area contributed by atoms with Crippen molar-refractivity contribution >= 4 is 0 Å². The van der Waals surface area contributed by atoms with E-state index in [2.05, 4.69) is 20.3 Å². The van der Waals surface area contributed by atoms with Crippen molar-refractivity contribution in [1.29, 1.82) is 0 Å². The smallest absolute Gasteiger partial charge is 0.337 e. The van der Waals surface area contributed by atoms with E-state index in [0.717, 1.165) is 11.1 Å². The van der Waals surface area contributed by atoms with Crippen molar-refractivity contribution in [2.24, 2.45) is 0 Å². The van der Waals surface area contributed by atoms with Crippen LogP contribution in [0.15, 0.2) is 62.5 Å². The molecule has 3 aromatic heterocycles. The van der Waals surface area contributed by atoms with Crippen LogP contribution in [0.2, 0.25) is 0 Å². The molecule has 0 aliphatic carbocycles. The normalized spacial score (nSPS) is 10.9. The molecule has 8 nitrogen and oxygen atoms in total. The van der Waals surface area contributed by atoms with Gasteiger partial charge in [0.1, 0.15) is 12.2 Å². The molecule has 4 aromatic rings. The van der Waals surface area contributed by atoms with Gasteiger partial charge in [-0.1, -0.05) is 40.1 Å². The predicted molar refractivity (Wildman–Crippen MR) is 87.6 cm³/mol. The number of benzene rings is 1. The van der Waals surface area contributed by atoms with Gasteiger partial charge >= 0.3 is 5.76 Å². The number of aromatic nitrogens is 5. The Morgan fingerprint density at radius 3 is 2.80 bits per heavy atom. The van der Waals surface area contributed by atoms with Crippen LogP contribution >= 0.6 is 0 Å². The molecule has 0 saturated heterocycles. The van der Waals surface area contributed by atoms with E-state index in [-0.39, 0.29) is 12.4 Å². The summed E-state index contributed by atoms with van der Waals surface area (Å²) in [4.78, 5) is 20.5. The van der Waals surface area contributed by atoms with Crippen LogP contribution in [0.25, 0.3) is 22.9 Å². The number of hydrogen-bond acceptors (Lipinski definition) is 7. The van der Waals surface area contributed by atoms with Crippen molar-refractivity contribution in [3.05, 3.63) is 70.7 Å². The Kier molecular flexibility index (Phi) is 3.70. The third-order valence-electron chi connectivity index (χ3n) is 3.62. The maximum atomic E-state index is 12.0. The highest BCUT2D eigenvalue weighted by Gasteiger charge is 2.17. The summed E-state index contributed by atoms with van der Waals surface area (Å²) in [7, 11) is 0. The molecule has 0 N–H and O–H groups in total. The minimum absolute atomic E-state index is 0.0487. The summed E-state index contributed by atoms with van der Waals surface area (Å²) in [6, 6.07) is 13.1. The summed E-state index contributed by atoms with van der Waals surface area (Å²) in [5, 5.41) is 7.75. The summed E-state index contributed by atoms with van der Waals surface area (Å²) >= 11 is 0. The molecule has 0 radical (unpaired) electrons. The first-order valence-electron chi connectivity index (χ1n) is 7.58. The van der Waals surface area contributed by atoms with Gasteiger partial charge in [0.15, 0.2) is 0 Å². The monoisotopic (exact) mass is 335 g/mol. The van der Waals surface area contributed by atoms with Crippen molar-refractivity contribution < 1.29 is 9.05 Å². The van der Waals surface area contributed by atoms with Gasteiger partial charge in [-0.3, -0.25) is 9.51 Å². The lowest BCUT2D eigenvalue weighted by Gasteiger charge is -2.00. The van der Waals surface area contributed by atoms with E-state index in [1.807, 2.05) is 31.2 Å². The van der Waals surface area contributed by atoms with Gasteiger partial charge < -0.3 is 4.52 Å². The van der Waals surface area contributed by atoms with E-state index < -0.39 is 5.76 Å². The van der Waals surface area contributed by atoms with Crippen molar-refractivity contribution in [2.75, 3.05) is 0 Å². The predicted octanol–water partition coefficient (Wildman–Crippen LogP) is 2.31. The summed E-state index contributed by atoms with van der Waals surface area (Å²) in [5.74, 6) is 0.429. The minimum Gasteiger partial charge on any atom is -0.337 e. The highest BCUT2D eigenvalue weighted by molar-refractivity contribution is 5.55. The van der Waals surface area contributed by atoms with Crippen LogP contribution in [0, 0.1) is 6.92 Å². The zero-order valence-electron chi connectivity index (χ0n) is 13.3. The molecule has 0 fully saturated rings. The van der Waals surface area contributed by atoms with Crippen molar-refractivity contribution in [2.45, 2.75) is 13.5 Å². The lowest BCUT2D eigenvalue weighted by Crippen LogP contribution is -2.16. The number of aryl methyl sites for hydroxylation is 1. The first kappa shape index (κ1) is 15.0. The molecule has 0 saturated carbocycles. The van der Waals surface area contributed by atoms with Crippen LogP contribution in [0.4, 0.5) is 0 Å². The summed E-state index contributed by atoms with van der Waals surface area (Å²) in [6.45, 7) is 2.04. The maximum Gasteiger partial charge on any atom is 0.442 e. The number of rotatable bonds is 4. The Balaban J connectivity index is 1.66. The largest absolute Gasteiger partial charge is 0.442 e. The second kappa shape index (κ2) is 6.16. The van der Waals surface area contributed by atoms with E-state index in [9.17, 15) is 4.79 Å². The number of hydrogen-bond donors (Lipinski definition) is 0. The SMILES string of the molecule is Cc1cccc(-c2noc(Cn3c(-c4ccccn4)noc3=O)n2)c1. The fourth-order valence-corrected chi connectivity index (χ4v) is 2.44. The molecular formula is C17H13N5O3. The van der Waals surface area contributed by atoms with E-state index in [4.69, 9.17) is 9.05 Å². The van der Waals surface area contributed by atoms with Gasteiger partial charge in [-0.15, -0.1) is 0 Å². The van der Waals surface area contributed by atoms with Crippen LogP contribution in [0.3, 0.4) is 0 Å². The van der Waals surface area contributed by atoms with Crippen LogP contribution in [-0.2, 0) is 6.54 Å². The summed E-state index contributed by atoms with van der Waals surface area (Å²) in [5.41, 5.74) is 2.46. The third kappa shape index (κ3) is 2.97. The second-order valence-electron chi connectivity index (χ2n) is 5.45. The molecule has 0 amide bonds. The quantitative estimate of drug-likeness (QED) is 0.564. The van der Waals surface area contributed by atoms with Gasteiger partial charge in [0, 0.05) is 11.8 Å². The third-order valence-corrected chi connectivity index (χ3v) is 3.62. The fourth-order valence-electron chi connectivity index (χ4n) is 2.44. The van der Waals surface area contributed by atoms with Crippen LogP contribution in [-0.4, -0.2) is 24.8 Å². The topological polar surface area (TPSA) is 99.8 Å². The van der Waals surface area contributed by atoms with Gasteiger partial charge in [-0.25, -0.2) is 9.36 Å². The average Bonchev–Trinajstić information content (AvgIpc) is 3.24. The van der Waals surface area contributed by atoms with E-state index >= 15 is 0 Å². The van der Waals surface area contributed by atoms with Gasteiger partial charge in [-0.05, 0) is 25.1 Å². The number of pyridine rings is 1. The highest BCUT2D eigenvalue weighted by atomic mass is 16.5. The van der Waals surface area contributed by atoms with Gasteiger partial charge in [0.2, 0.25) is 17.5 Å². The molecule has 0 unspecified atom stereocenters. The van der Waals surface area contributed by atoms with E-state index in [1.165, 1.54) is 4.57 Å². The zero-order valence-corrected chi connectivity index (χ0v) is 13.3. The van der Waals surface area contributed by atoms with Gasteiger partial charge in [0.05, 0.1) is 0 Å². The average molecular weight is 335 g/mol. The Hall–Kier alpha value is -3.55. The molecule has 8 heteroatoms. The molecule has 0 aliphatic heterocycles. The van der Waals surface area contributed by atoms with Crippen LogP contribution < -0.4 is 5.76 Å². The molecule has 0 bridgehead atoms. The van der Waals surface area contributed by atoms with Crippen molar-refractivity contribution in [3.8, 4) is 22.9 Å². The first-order chi connectivity index (χ1) is 12.2. The molecule has 1 aromatic carbocycles. The second-order valence-corrected chi connectivity index (χ2v) is 5.45. The lowest BCUT2D eigenvalue weighted by molar-refractivity contribution is 0.354. The standard InChI is InChI=1S/C17H13N5O3/c1-11-5-4-6-12(9-11)15-19-14(24-20-15)10-22-16(21-25-17(22)23)13-7-2-3-8-18-13/h2-9H,10H2,1H3.